The Bertz CT molecular complexity index is 1360. The first-order valence-electron chi connectivity index (χ1n) is 9.58. The quantitative estimate of drug-likeness (QED) is 0.382. The molecule has 1 N–H and O–H groups in total. The summed E-state index contributed by atoms with van der Waals surface area (Å²) in [5, 5.41) is 12.9. The molecule has 168 valence electrons. The lowest BCUT2D eigenvalue weighted by atomic mass is 10.00. The van der Waals surface area contributed by atoms with E-state index in [0.717, 1.165) is 18.2 Å². The third-order valence-corrected chi connectivity index (χ3v) is 4.96. The van der Waals surface area contributed by atoms with Gasteiger partial charge in [0, 0.05) is 5.56 Å². The van der Waals surface area contributed by atoms with E-state index < -0.39 is 29.2 Å². The zero-order valence-electron chi connectivity index (χ0n) is 17.2. The van der Waals surface area contributed by atoms with Gasteiger partial charge in [0.2, 0.25) is 0 Å². The molecule has 2 heterocycles. The van der Waals surface area contributed by atoms with E-state index in [-0.39, 0.29) is 17.1 Å². The van der Waals surface area contributed by atoms with Crippen LogP contribution in [0.1, 0.15) is 27.5 Å². The minimum absolute atomic E-state index is 0.00363. The van der Waals surface area contributed by atoms with Crippen molar-refractivity contribution in [1.82, 2.24) is 15.1 Å². The molecule has 0 atom stereocenters. The Labute approximate surface area is 184 Å². The number of carboxylic acids is 1. The number of hydrogen-bond acceptors (Lipinski definition) is 5. The maximum absolute atomic E-state index is 13.8. The highest BCUT2D eigenvalue weighted by molar-refractivity contribution is 5.90. The van der Waals surface area contributed by atoms with Gasteiger partial charge in [0.05, 0.1) is 22.5 Å². The van der Waals surface area contributed by atoms with Crippen LogP contribution in [0.2, 0.25) is 0 Å². The first-order valence-corrected chi connectivity index (χ1v) is 9.58. The third kappa shape index (κ3) is 4.32. The summed E-state index contributed by atoms with van der Waals surface area (Å²) in [5.74, 6) is -2.21. The molecule has 4 aromatic rings. The Kier molecular flexibility index (Phi) is 5.44. The Morgan fingerprint density at radius 1 is 0.970 bits per heavy atom. The number of nitrogens with zero attached hydrogens (tertiary/aromatic N) is 3. The van der Waals surface area contributed by atoms with Crippen LogP contribution in [-0.4, -0.2) is 26.2 Å². The number of hydrogen-bond donors (Lipinski definition) is 1. The number of halogens is 4. The molecule has 0 spiro atoms. The number of aromatic carboxylic acids is 1. The largest absolute Gasteiger partial charge is 0.478 e. The van der Waals surface area contributed by atoms with Crippen LogP contribution in [-0.2, 0) is 6.18 Å². The first kappa shape index (κ1) is 22.1. The molecule has 2 aromatic carbocycles. The van der Waals surface area contributed by atoms with Gasteiger partial charge in [0.1, 0.15) is 17.3 Å². The van der Waals surface area contributed by atoms with E-state index >= 15 is 0 Å². The van der Waals surface area contributed by atoms with Crippen molar-refractivity contribution in [2.45, 2.75) is 20.0 Å². The summed E-state index contributed by atoms with van der Waals surface area (Å²) < 4.78 is 59.6. The minimum atomic E-state index is -4.73. The number of carbonyl (C=O) groups is 1. The summed E-state index contributed by atoms with van der Waals surface area (Å²) >= 11 is 0. The highest BCUT2D eigenvalue weighted by atomic mass is 19.4. The molecule has 0 fully saturated rings. The molecule has 0 radical (unpaired) electrons. The lowest BCUT2D eigenvalue weighted by molar-refractivity contribution is -0.141. The first-order chi connectivity index (χ1) is 15.5. The van der Waals surface area contributed by atoms with Gasteiger partial charge in [-0.3, -0.25) is 0 Å². The summed E-state index contributed by atoms with van der Waals surface area (Å²) in [4.78, 5) is 19.3. The van der Waals surface area contributed by atoms with Crippen molar-refractivity contribution in [2.75, 3.05) is 0 Å². The molecule has 33 heavy (non-hydrogen) atoms. The number of rotatable bonds is 4. The van der Waals surface area contributed by atoms with Crippen LogP contribution in [0.4, 0.5) is 17.6 Å². The molecule has 0 unspecified atom stereocenters. The molecule has 0 saturated heterocycles. The Balaban J connectivity index is 1.87. The Morgan fingerprint density at radius 3 is 2.30 bits per heavy atom. The third-order valence-electron chi connectivity index (χ3n) is 4.96. The van der Waals surface area contributed by atoms with E-state index in [2.05, 4.69) is 15.1 Å². The van der Waals surface area contributed by atoms with Crippen LogP contribution in [0.5, 0.6) is 0 Å². The van der Waals surface area contributed by atoms with E-state index in [1.54, 1.807) is 26.0 Å². The van der Waals surface area contributed by atoms with E-state index in [9.17, 15) is 22.4 Å². The molecule has 6 nitrogen and oxygen atoms in total. The van der Waals surface area contributed by atoms with Crippen molar-refractivity contribution in [3.8, 4) is 33.8 Å². The molecule has 2 aromatic heterocycles. The molecule has 0 aliphatic heterocycles. The lowest BCUT2D eigenvalue weighted by Crippen LogP contribution is -2.10. The fourth-order valence-electron chi connectivity index (χ4n) is 3.40. The van der Waals surface area contributed by atoms with Crippen molar-refractivity contribution in [1.29, 1.82) is 0 Å². The van der Waals surface area contributed by atoms with Crippen molar-refractivity contribution >= 4 is 5.97 Å². The number of aryl methyl sites for hydroxylation is 2. The molecular weight excluding hydrogens is 442 g/mol. The predicted octanol–water partition coefficient (Wildman–Crippen LogP) is 5.94. The van der Waals surface area contributed by atoms with Gasteiger partial charge < -0.3 is 9.63 Å². The topological polar surface area (TPSA) is 89.1 Å². The van der Waals surface area contributed by atoms with Crippen LogP contribution in [0.15, 0.2) is 53.1 Å². The highest BCUT2D eigenvalue weighted by Gasteiger charge is 2.34. The zero-order chi connectivity index (χ0) is 23.9. The van der Waals surface area contributed by atoms with Gasteiger partial charge in [-0.05, 0) is 49.2 Å². The average Bonchev–Trinajstić information content (AvgIpc) is 3.11. The smallest absolute Gasteiger partial charge is 0.433 e. The number of alkyl halides is 3. The van der Waals surface area contributed by atoms with Gasteiger partial charge in [0.25, 0.3) is 0 Å². The van der Waals surface area contributed by atoms with Crippen molar-refractivity contribution in [3.05, 3.63) is 77.1 Å². The normalized spacial score (nSPS) is 11.6. The molecule has 0 saturated carbocycles. The SMILES string of the molecule is Cc1noc(C)c1-c1cc(C(F)(F)F)nc(-c2cccc(-c3ccc(F)c(C(=O)O)c3)c2)n1. The summed E-state index contributed by atoms with van der Waals surface area (Å²) in [5.41, 5.74) is 0.147. The maximum Gasteiger partial charge on any atom is 0.433 e. The number of benzene rings is 2. The van der Waals surface area contributed by atoms with Crippen LogP contribution < -0.4 is 0 Å². The van der Waals surface area contributed by atoms with Gasteiger partial charge in [-0.2, -0.15) is 13.2 Å². The van der Waals surface area contributed by atoms with Crippen molar-refractivity contribution in [3.63, 3.8) is 0 Å². The second-order valence-corrected chi connectivity index (χ2v) is 7.24. The maximum atomic E-state index is 13.8. The van der Waals surface area contributed by atoms with Gasteiger partial charge in [-0.25, -0.2) is 19.2 Å². The predicted molar refractivity (Wildman–Crippen MR) is 110 cm³/mol. The molecule has 0 aliphatic rings. The fraction of sp³-hybridized carbons (Fsp3) is 0.130. The average molecular weight is 457 g/mol. The molecule has 0 amide bonds. The van der Waals surface area contributed by atoms with Crippen molar-refractivity contribution < 1.29 is 32.0 Å². The van der Waals surface area contributed by atoms with E-state index in [4.69, 9.17) is 9.63 Å². The second kappa shape index (κ2) is 8.12. The molecule has 0 bridgehead atoms. The van der Waals surface area contributed by atoms with E-state index in [1.807, 2.05) is 0 Å². The minimum Gasteiger partial charge on any atom is -0.478 e. The van der Waals surface area contributed by atoms with Gasteiger partial charge in [0.15, 0.2) is 5.82 Å². The molecule has 4 rings (SSSR count). The monoisotopic (exact) mass is 457 g/mol. The second-order valence-electron chi connectivity index (χ2n) is 7.24. The van der Waals surface area contributed by atoms with Crippen LogP contribution in [0.25, 0.3) is 33.8 Å². The lowest BCUT2D eigenvalue weighted by Gasteiger charge is -2.12. The van der Waals surface area contributed by atoms with Crippen molar-refractivity contribution in [2.24, 2.45) is 0 Å². The van der Waals surface area contributed by atoms with Gasteiger partial charge >= 0.3 is 12.1 Å². The fourth-order valence-corrected chi connectivity index (χ4v) is 3.40. The summed E-state index contributed by atoms with van der Waals surface area (Å²) in [7, 11) is 0. The molecular formula is C23H15F4N3O3. The summed E-state index contributed by atoms with van der Waals surface area (Å²) in [6.45, 7) is 3.16. The Morgan fingerprint density at radius 2 is 1.67 bits per heavy atom. The molecule has 0 aliphatic carbocycles. The highest BCUT2D eigenvalue weighted by Crippen LogP contribution is 2.35. The van der Waals surface area contributed by atoms with Gasteiger partial charge in [-0.15, -0.1) is 0 Å². The number of aromatic nitrogens is 3. The summed E-state index contributed by atoms with van der Waals surface area (Å²) in [6, 6.07) is 10.6. The standard InChI is InChI=1S/C23H15F4N3O3/c1-11-20(12(2)33-30-11)18-10-19(23(25,26)27)29-21(28-18)15-5-3-4-13(8-15)14-6-7-17(24)16(9-14)22(31)32/h3-10H,1-2H3,(H,31,32). The van der Waals surface area contributed by atoms with Crippen LogP contribution in [0.3, 0.4) is 0 Å². The summed E-state index contributed by atoms with van der Waals surface area (Å²) in [6.07, 6.45) is -4.73. The zero-order valence-corrected chi connectivity index (χ0v) is 17.2. The van der Waals surface area contributed by atoms with Gasteiger partial charge in [-0.1, -0.05) is 29.4 Å². The van der Waals surface area contributed by atoms with E-state index in [0.29, 0.717) is 28.1 Å². The number of carboxylic acid groups (broad SMARTS) is 1. The van der Waals surface area contributed by atoms with Crippen LogP contribution in [0, 0.1) is 19.7 Å². The Hall–Kier alpha value is -4.08. The molecule has 10 heteroatoms. The van der Waals surface area contributed by atoms with E-state index in [1.165, 1.54) is 18.2 Å². The van der Waals surface area contributed by atoms with Crippen LogP contribution >= 0.6 is 0 Å².